The second-order valence-corrected chi connectivity index (χ2v) is 6.28. The van der Waals surface area contributed by atoms with Gasteiger partial charge < -0.3 is 9.64 Å². The first kappa shape index (κ1) is 16.6. The Morgan fingerprint density at radius 1 is 1.00 bits per heavy atom. The summed E-state index contributed by atoms with van der Waals surface area (Å²) in [6.45, 7) is 3.40. The van der Waals surface area contributed by atoms with Crippen LogP contribution in [0.3, 0.4) is 0 Å². The molecular formula is C20H27NO. The molecule has 0 aliphatic rings. The summed E-state index contributed by atoms with van der Waals surface area (Å²) in [5, 5.41) is 0. The Labute approximate surface area is 134 Å². The van der Waals surface area contributed by atoms with Gasteiger partial charge in [0.1, 0.15) is 5.75 Å². The smallest absolute Gasteiger partial charge is 0.119 e. The molecule has 0 saturated carbocycles. The van der Waals surface area contributed by atoms with Crippen molar-refractivity contribution in [2.45, 2.75) is 19.3 Å². The van der Waals surface area contributed by atoms with Gasteiger partial charge in [-0.1, -0.05) is 49.4 Å². The standard InChI is InChI=1S/C20H27NO/c1-16(18-11-8-12-20(14-18)22-4)19(15-21(2)3)13-17-9-6-5-7-10-17/h5-12,14,16,19H,13,15H2,1-4H3. The predicted molar refractivity (Wildman–Crippen MR) is 93.6 cm³/mol. The van der Waals surface area contributed by atoms with Crippen molar-refractivity contribution in [3.63, 3.8) is 0 Å². The van der Waals surface area contributed by atoms with E-state index in [1.807, 2.05) is 6.07 Å². The van der Waals surface area contributed by atoms with E-state index in [9.17, 15) is 0 Å². The fourth-order valence-electron chi connectivity index (χ4n) is 2.98. The monoisotopic (exact) mass is 297 g/mol. The van der Waals surface area contributed by atoms with Gasteiger partial charge in [-0.05, 0) is 55.6 Å². The van der Waals surface area contributed by atoms with Crippen LogP contribution in [-0.4, -0.2) is 32.6 Å². The lowest BCUT2D eigenvalue weighted by molar-refractivity contribution is 0.294. The number of hydrogen-bond acceptors (Lipinski definition) is 2. The zero-order chi connectivity index (χ0) is 15.9. The molecule has 0 aliphatic heterocycles. The summed E-state index contributed by atoms with van der Waals surface area (Å²) in [5.74, 6) is 2.00. The van der Waals surface area contributed by atoms with E-state index in [0.717, 1.165) is 18.7 Å². The largest absolute Gasteiger partial charge is 0.497 e. The van der Waals surface area contributed by atoms with Crippen molar-refractivity contribution in [3.05, 3.63) is 65.7 Å². The third-order valence-electron chi connectivity index (χ3n) is 4.27. The fraction of sp³-hybridized carbons (Fsp3) is 0.400. The van der Waals surface area contributed by atoms with Gasteiger partial charge in [0, 0.05) is 6.54 Å². The first-order valence-corrected chi connectivity index (χ1v) is 7.92. The normalized spacial score (nSPS) is 13.9. The minimum absolute atomic E-state index is 0.484. The lowest BCUT2D eigenvalue weighted by Crippen LogP contribution is -2.27. The highest BCUT2D eigenvalue weighted by atomic mass is 16.5. The molecule has 0 aliphatic carbocycles. The number of methoxy groups -OCH3 is 1. The number of hydrogen-bond donors (Lipinski definition) is 0. The summed E-state index contributed by atoms with van der Waals surface area (Å²) in [6.07, 6.45) is 1.09. The quantitative estimate of drug-likeness (QED) is 0.758. The Morgan fingerprint density at radius 2 is 1.73 bits per heavy atom. The van der Waals surface area contributed by atoms with Crippen LogP contribution in [0.15, 0.2) is 54.6 Å². The lowest BCUT2D eigenvalue weighted by Gasteiger charge is -2.27. The summed E-state index contributed by atoms with van der Waals surface area (Å²) in [5.41, 5.74) is 2.76. The highest BCUT2D eigenvalue weighted by Gasteiger charge is 2.20. The topological polar surface area (TPSA) is 12.5 Å². The van der Waals surface area contributed by atoms with Gasteiger partial charge in [0.25, 0.3) is 0 Å². The van der Waals surface area contributed by atoms with E-state index in [-0.39, 0.29) is 0 Å². The molecule has 0 radical (unpaired) electrons. The van der Waals surface area contributed by atoms with E-state index in [0.29, 0.717) is 11.8 Å². The average molecular weight is 297 g/mol. The van der Waals surface area contributed by atoms with Crippen molar-refractivity contribution in [1.82, 2.24) is 4.90 Å². The molecule has 2 aromatic rings. The Kier molecular flexibility index (Phi) is 6.02. The van der Waals surface area contributed by atoms with Crippen LogP contribution in [0.4, 0.5) is 0 Å². The summed E-state index contributed by atoms with van der Waals surface area (Å²) in [7, 11) is 6.03. The summed E-state index contributed by atoms with van der Waals surface area (Å²) in [4.78, 5) is 2.28. The predicted octanol–water partition coefficient (Wildman–Crippen LogP) is 4.22. The molecule has 0 fully saturated rings. The van der Waals surface area contributed by atoms with Gasteiger partial charge in [-0.3, -0.25) is 0 Å². The van der Waals surface area contributed by atoms with Gasteiger partial charge in [-0.15, -0.1) is 0 Å². The van der Waals surface area contributed by atoms with Crippen LogP contribution in [0.1, 0.15) is 24.0 Å². The molecule has 0 saturated heterocycles. The van der Waals surface area contributed by atoms with Gasteiger partial charge in [0.15, 0.2) is 0 Å². The molecule has 22 heavy (non-hydrogen) atoms. The van der Waals surface area contributed by atoms with Gasteiger partial charge in [-0.2, -0.15) is 0 Å². The average Bonchev–Trinajstić information content (AvgIpc) is 2.54. The maximum absolute atomic E-state index is 5.37. The molecule has 2 unspecified atom stereocenters. The van der Waals surface area contributed by atoms with Gasteiger partial charge >= 0.3 is 0 Å². The first-order chi connectivity index (χ1) is 10.6. The fourth-order valence-corrected chi connectivity index (χ4v) is 2.98. The van der Waals surface area contributed by atoms with Gasteiger partial charge in [0.2, 0.25) is 0 Å². The van der Waals surface area contributed by atoms with Crippen molar-refractivity contribution in [1.29, 1.82) is 0 Å². The SMILES string of the molecule is COc1cccc(C(C)C(Cc2ccccc2)CN(C)C)c1. The molecule has 0 bridgehead atoms. The second-order valence-electron chi connectivity index (χ2n) is 6.28. The third kappa shape index (κ3) is 4.60. The molecule has 2 rings (SSSR count). The van der Waals surface area contributed by atoms with E-state index in [4.69, 9.17) is 4.74 Å². The molecule has 0 aromatic heterocycles. The van der Waals surface area contributed by atoms with Crippen LogP contribution >= 0.6 is 0 Å². The minimum Gasteiger partial charge on any atom is -0.497 e. The van der Waals surface area contributed by atoms with Crippen molar-refractivity contribution in [2.75, 3.05) is 27.7 Å². The van der Waals surface area contributed by atoms with E-state index < -0.39 is 0 Å². The van der Waals surface area contributed by atoms with E-state index in [1.165, 1.54) is 11.1 Å². The van der Waals surface area contributed by atoms with E-state index in [1.54, 1.807) is 7.11 Å². The van der Waals surface area contributed by atoms with Crippen molar-refractivity contribution < 1.29 is 4.74 Å². The Bertz CT molecular complexity index is 565. The number of ether oxygens (including phenoxy) is 1. The van der Waals surface area contributed by atoms with Crippen LogP contribution in [0, 0.1) is 5.92 Å². The Morgan fingerprint density at radius 3 is 2.36 bits per heavy atom. The van der Waals surface area contributed by atoms with Crippen molar-refractivity contribution in [3.8, 4) is 5.75 Å². The molecular weight excluding hydrogens is 270 g/mol. The molecule has 2 aromatic carbocycles. The van der Waals surface area contributed by atoms with Crippen LogP contribution < -0.4 is 4.74 Å². The second kappa shape index (κ2) is 8.00. The molecule has 0 heterocycles. The van der Waals surface area contributed by atoms with E-state index >= 15 is 0 Å². The van der Waals surface area contributed by atoms with Crippen LogP contribution in [0.5, 0.6) is 5.75 Å². The lowest BCUT2D eigenvalue weighted by atomic mass is 9.83. The third-order valence-corrected chi connectivity index (χ3v) is 4.27. The summed E-state index contributed by atoms with van der Waals surface area (Å²) < 4.78 is 5.37. The summed E-state index contributed by atoms with van der Waals surface area (Å²) in [6, 6.07) is 19.2. The molecule has 2 nitrogen and oxygen atoms in total. The summed E-state index contributed by atoms with van der Waals surface area (Å²) >= 11 is 0. The van der Waals surface area contributed by atoms with Crippen molar-refractivity contribution >= 4 is 0 Å². The highest BCUT2D eigenvalue weighted by Crippen LogP contribution is 2.30. The molecule has 2 atom stereocenters. The van der Waals surface area contributed by atoms with Crippen LogP contribution in [0.25, 0.3) is 0 Å². The molecule has 0 amide bonds. The number of benzene rings is 2. The minimum atomic E-state index is 0.484. The maximum Gasteiger partial charge on any atom is 0.119 e. The van der Waals surface area contributed by atoms with E-state index in [2.05, 4.69) is 74.4 Å². The number of rotatable bonds is 7. The maximum atomic E-state index is 5.37. The van der Waals surface area contributed by atoms with Crippen LogP contribution in [-0.2, 0) is 6.42 Å². The van der Waals surface area contributed by atoms with Gasteiger partial charge in [0.05, 0.1) is 7.11 Å². The molecule has 118 valence electrons. The molecule has 0 spiro atoms. The Balaban J connectivity index is 2.19. The zero-order valence-corrected chi connectivity index (χ0v) is 14.1. The van der Waals surface area contributed by atoms with Gasteiger partial charge in [-0.25, -0.2) is 0 Å². The highest BCUT2D eigenvalue weighted by molar-refractivity contribution is 5.31. The first-order valence-electron chi connectivity index (χ1n) is 7.92. The molecule has 2 heteroatoms. The van der Waals surface area contributed by atoms with Crippen molar-refractivity contribution in [2.24, 2.45) is 5.92 Å². The number of nitrogens with zero attached hydrogens (tertiary/aromatic N) is 1. The van der Waals surface area contributed by atoms with Crippen LogP contribution in [0.2, 0.25) is 0 Å². The zero-order valence-electron chi connectivity index (χ0n) is 14.1. The molecule has 0 N–H and O–H groups in total. The Hall–Kier alpha value is -1.80.